The third kappa shape index (κ3) is 2.38. The molecule has 20 heavy (non-hydrogen) atoms. The molecule has 0 fully saturated rings. The molecule has 0 aliphatic carbocycles. The summed E-state index contributed by atoms with van der Waals surface area (Å²) in [6, 6.07) is 14.6. The van der Waals surface area contributed by atoms with Gasteiger partial charge >= 0.3 is 0 Å². The molecule has 0 saturated heterocycles. The summed E-state index contributed by atoms with van der Waals surface area (Å²) in [6.07, 6.45) is 0. The number of hydrogen-bond donors (Lipinski definition) is 1. The van der Waals surface area contributed by atoms with E-state index in [-0.39, 0.29) is 5.69 Å². The number of non-ortho nitro benzene ring substituents is 1. The molecule has 0 bridgehead atoms. The van der Waals surface area contributed by atoms with Crippen LogP contribution in [0.4, 0.5) is 5.69 Å². The van der Waals surface area contributed by atoms with Gasteiger partial charge in [-0.3, -0.25) is 15.1 Å². The van der Waals surface area contributed by atoms with Crippen LogP contribution in [0.25, 0.3) is 0 Å². The maximum absolute atomic E-state index is 10.8. The minimum absolute atomic E-state index is 0.0776. The second-order valence-electron chi connectivity index (χ2n) is 4.59. The zero-order valence-corrected chi connectivity index (χ0v) is 10.7. The third-order valence-corrected chi connectivity index (χ3v) is 3.30. The van der Waals surface area contributed by atoms with E-state index in [4.69, 9.17) is 0 Å². The van der Waals surface area contributed by atoms with E-state index in [1.165, 1.54) is 17.2 Å². The number of nitrogens with zero attached hydrogens (tertiary/aromatic N) is 2. The van der Waals surface area contributed by atoms with Crippen LogP contribution in [0.15, 0.2) is 53.5 Å². The minimum Gasteiger partial charge on any atom is -0.366 e. The molecule has 0 spiro atoms. The van der Waals surface area contributed by atoms with E-state index in [1.54, 1.807) is 12.1 Å². The predicted molar refractivity (Wildman–Crippen MR) is 76.6 cm³/mol. The molecule has 3 rings (SSSR count). The highest BCUT2D eigenvalue weighted by Gasteiger charge is 2.13. The van der Waals surface area contributed by atoms with Gasteiger partial charge in [-0.2, -0.15) is 0 Å². The van der Waals surface area contributed by atoms with Gasteiger partial charge in [0.1, 0.15) is 5.84 Å². The second kappa shape index (κ2) is 5.13. The van der Waals surface area contributed by atoms with Crippen LogP contribution < -0.4 is 5.32 Å². The Hall–Kier alpha value is -2.69. The number of nitro groups is 1. The molecular weight excluding hydrogens is 254 g/mol. The van der Waals surface area contributed by atoms with Gasteiger partial charge in [0.15, 0.2) is 0 Å². The number of fused-ring (bicyclic) bond motifs is 1. The average Bonchev–Trinajstić information content (AvgIpc) is 2.70. The van der Waals surface area contributed by atoms with Crippen LogP contribution in [0.3, 0.4) is 0 Å². The number of benzene rings is 2. The fourth-order valence-corrected chi connectivity index (χ4v) is 2.24. The van der Waals surface area contributed by atoms with Gasteiger partial charge in [0.25, 0.3) is 5.69 Å². The molecule has 0 amide bonds. The Balaban J connectivity index is 1.91. The highest BCUT2D eigenvalue weighted by atomic mass is 16.6. The number of nitrogens with one attached hydrogen (secondary N) is 1. The molecule has 1 N–H and O–H groups in total. The number of aliphatic imine (C=N–C) groups is 1. The first-order valence-electron chi connectivity index (χ1n) is 6.34. The van der Waals surface area contributed by atoms with Gasteiger partial charge in [-0.1, -0.05) is 36.4 Å². The van der Waals surface area contributed by atoms with E-state index >= 15 is 0 Å². The summed E-state index contributed by atoms with van der Waals surface area (Å²) in [5, 5.41) is 14.1. The van der Waals surface area contributed by atoms with Crippen LogP contribution in [0.5, 0.6) is 0 Å². The maximum atomic E-state index is 10.8. The van der Waals surface area contributed by atoms with Gasteiger partial charge in [0, 0.05) is 24.2 Å². The largest absolute Gasteiger partial charge is 0.366 e. The van der Waals surface area contributed by atoms with Gasteiger partial charge in [0.2, 0.25) is 0 Å². The molecule has 0 atom stereocenters. The van der Waals surface area contributed by atoms with E-state index in [0.29, 0.717) is 18.9 Å². The summed E-state index contributed by atoms with van der Waals surface area (Å²) in [5.74, 6) is 0.699. The first-order chi connectivity index (χ1) is 9.74. The average molecular weight is 267 g/mol. The summed E-state index contributed by atoms with van der Waals surface area (Å²) >= 11 is 0. The summed E-state index contributed by atoms with van der Waals surface area (Å²) in [4.78, 5) is 15.0. The van der Waals surface area contributed by atoms with Crippen molar-refractivity contribution in [2.45, 2.75) is 13.1 Å². The SMILES string of the molecule is O=[N+]([O-])c1cccc(C2=NCc3ccccc3CN2)c1. The number of nitro benzene ring substituents is 1. The first-order valence-corrected chi connectivity index (χ1v) is 6.34. The zero-order valence-electron chi connectivity index (χ0n) is 10.7. The van der Waals surface area contributed by atoms with Crippen molar-refractivity contribution in [3.05, 3.63) is 75.3 Å². The van der Waals surface area contributed by atoms with Crippen molar-refractivity contribution in [2.24, 2.45) is 4.99 Å². The predicted octanol–water partition coefficient (Wildman–Crippen LogP) is 2.64. The van der Waals surface area contributed by atoms with Gasteiger partial charge < -0.3 is 5.32 Å². The maximum Gasteiger partial charge on any atom is 0.270 e. The summed E-state index contributed by atoms with van der Waals surface area (Å²) in [7, 11) is 0. The molecule has 2 aromatic carbocycles. The highest BCUT2D eigenvalue weighted by molar-refractivity contribution is 5.99. The van der Waals surface area contributed by atoms with E-state index in [9.17, 15) is 10.1 Å². The Morgan fingerprint density at radius 3 is 2.70 bits per heavy atom. The van der Waals surface area contributed by atoms with E-state index in [2.05, 4.69) is 22.4 Å². The Morgan fingerprint density at radius 2 is 1.90 bits per heavy atom. The van der Waals surface area contributed by atoms with Crippen LogP contribution in [-0.2, 0) is 13.1 Å². The van der Waals surface area contributed by atoms with Gasteiger partial charge in [-0.05, 0) is 11.1 Å². The lowest BCUT2D eigenvalue weighted by molar-refractivity contribution is -0.384. The van der Waals surface area contributed by atoms with Crippen molar-refractivity contribution >= 4 is 11.5 Å². The topological polar surface area (TPSA) is 67.5 Å². The summed E-state index contributed by atoms with van der Waals surface area (Å²) < 4.78 is 0. The van der Waals surface area contributed by atoms with Crippen molar-refractivity contribution in [3.8, 4) is 0 Å². The van der Waals surface area contributed by atoms with Crippen LogP contribution >= 0.6 is 0 Å². The Kier molecular flexibility index (Phi) is 3.16. The second-order valence-corrected chi connectivity index (χ2v) is 4.59. The van der Waals surface area contributed by atoms with Crippen LogP contribution in [0, 0.1) is 10.1 Å². The Morgan fingerprint density at radius 1 is 1.10 bits per heavy atom. The van der Waals surface area contributed by atoms with Gasteiger partial charge in [0.05, 0.1) is 11.5 Å². The quantitative estimate of drug-likeness (QED) is 0.672. The molecule has 5 nitrogen and oxygen atoms in total. The summed E-state index contributed by atoms with van der Waals surface area (Å²) in [5.41, 5.74) is 3.21. The van der Waals surface area contributed by atoms with Crippen LogP contribution in [-0.4, -0.2) is 10.8 Å². The standard InChI is InChI=1S/C15H13N3O2/c19-18(20)14-7-3-6-11(8-14)15-16-9-12-4-1-2-5-13(12)10-17-15/h1-8H,9-10H2,(H,16,17). The highest BCUT2D eigenvalue weighted by Crippen LogP contribution is 2.17. The molecule has 0 unspecified atom stereocenters. The smallest absolute Gasteiger partial charge is 0.270 e. The molecule has 1 aliphatic heterocycles. The number of hydrogen-bond acceptors (Lipinski definition) is 4. The molecule has 1 aliphatic rings. The third-order valence-electron chi connectivity index (χ3n) is 3.30. The molecule has 5 heteroatoms. The molecular formula is C15H13N3O2. The van der Waals surface area contributed by atoms with E-state index in [1.807, 2.05) is 18.2 Å². The molecule has 100 valence electrons. The lowest BCUT2D eigenvalue weighted by Gasteiger charge is -2.07. The lowest BCUT2D eigenvalue weighted by atomic mass is 10.1. The monoisotopic (exact) mass is 267 g/mol. The minimum atomic E-state index is -0.393. The van der Waals surface area contributed by atoms with E-state index in [0.717, 1.165) is 5.56 Å². The van der Waals surface area contributed by atoms with Crippen molar-refractivity contribution in [2.75, 3.05) is 0 Å². The van der Waals surface area contributed by atoms with Crippen molar-refractivity contribution < 1.29 is 4.92 Å². The first kappa shape index (κ1) is 12.3. The number of amidine groups is 1. The van der Waals surface area contributed by atoms with Gasteiger partial charge in [-0.25, -0.2) is 0 Å². The summed E-state index contributed by atoms with van der Waals surface area (Å²) in [6.45, 7) is 1.26. The fourth-order valence-electron chi connectivity index (χ4n) is 2.24. The van der Waals surface area contributed by atoms with Crippen LogP contribution in [0.1, 0.15) is 16.7 Å². The van der Waals surface area contributed by atoms with Crippen LogP contribution in [0.2, 0.25) is 0 Å². The molecule has 0 aromatic heterocycles. The molecule has 0 saturated carbocycles. The lowest BCUT2D eigenvalue weighted by Crippen LogP contribution is -2.22. The van der Waals surface area contributed by atoms with E-state index < -0.39 is 4.92 Å². The van der Waals surface area contributed by atoms with Gasteiger partial charge in [-0.15, -0.1) is 0 Å². The number of rotatable bonds is 2. The normalized spacial score (nSPS) is 13.7. The molecule has 1 heterocycles. The van der Waals surface area contributed by atoms with Crippen molar-refractivity contribution in [3.63, 3.8) is 0 Å². The Bertz CT molecular complexity index is 695. The zero-order chi connectivity index (χ0) is 13.9. The molecule has 2 aromatic rings. The molecule has 0 radical (unpaired) electrons. The van der Waals surface area contributed by atoms with Crippen molar-refractivity contribution in [1.82, 2.24) is 5.32 Å². The van der Waals surface area contributed by atoms with Crippen molar-refractivity contribution in [1.29, 1.82) is 0 Å². The Labute approximate surface area is 116 Å². The fraction of sp³-hybridized carbons (Fsp3) is 0.133.